The summed E-state index contributed by atoms with van der Waals surface area (Å²) >= 11 is 0. The van der Waals surface area contributed by atoms with Gasteiger partial charge in [-0.3, -0.25) is 9.59 Å². The van der Waals surface area contributed by atoms with Gasteiger partial charge in [-0.05, 0) is 31.0 Å². The summed E-state index contributed by atoms with van der Waals surface area (Å²) in [6.07, 6.45) is 3.67. The van der Waals surface area contributed by atoms with Crippen molar-refractivity contribution in [1.29, 1.82) is 0 Å². The summed E-state index contributed by atoms with van der Waals surface area (Å²) in [7, 11) is -3.67. The maximum Gasteiger partial charge on any atom is 0.308 e. The molecule has 1 amide bonds. The molecule has 1 aromatic rings. The first-order valence-corrected chi connectivity index (χ1v) is 9.41. The van der Waals surface area contributed by atoms with Crippen LogP contribution in [0.3, 0.4) is 0 Å². The Balaban J connectivity index is 2.07. The first-order valence-electron chi connectivity index (χ1n) is 7.93. The van der Waals surface area contributed by atoms with Crippen LogP contribution in [0.2, 0.25) is 0 Å². The third-order valence-electron chi connectivity index (χ3n) is 4.07. The molecule has 0 spiro atoms. The summed E-state index contributed by atoms with van der Waals surface area (Å²) in [4.78, 5) is 22.9. The molecule has 0 radical (unpaired) electrons. The largest absolute Gasteiger partial charge is 0.481 e. The summed E-state index contributed by atoms with van der Waals surface area (Å²) in [6, 6.07) is 5.68. The summed E-state index contributed by atoms with van der Waals surface area (Å²) in [5.74, 6) is -2.22. The topological polar surface area (TPSA) is 113 Å². The molecular formula is C16H22N2O5S. The van der Waals surface area contributed by atoms with Crippen molar-refractivity contribution in [1.82, 2.24) is 10.0 Å². The van der Waals surface area contributed by atoms with Crippen LogP contribution in [0.25, 0.3) is 0 Å². The van der Waals surface area contributed by atoms with E-state index in [9.17, 15) is 18.0 Å². The van der Waals surface area contributed by atoms with Crippen LogP contribution in [-0.4, -0.2) is 38.0 Å². The van der Waals surface area contributed by atoms with Crippen LogP contribution in [0.4, 0.5) is 0 Å². The van der Waals surface area contributed by atoms with Gasteiger partial charge in [-0.1, -0.05) is 25.8 Å². The average Bonchev–Trinajstić information content (AvgIpc) is 3.04. The molecular weight excluding hydrogens is 332 g/mol. The fraction of sp³-hybridized carbons (Fsp3) is 0.500. The number of amides is 1. The van der Waals surface area contributed by atoms with Gasteiger partial charge in [0.2, 0.25) is 10.0 Å². The molecule has 1 atom stereocenters. The highest BCUT2D eigenvalue weighted by Crippen LogP contribution is 2.20. The Morgan fingerprint density at radius 3 is 2.58 bits per heavy atom. The molecule has 7 nitrogen and oxygen atoms in total. The minimum Gasteiger partial charge on any atom is -0.481 e. The first kappa shape index (κ1) is 18.4. The Morgan fingerprint density at radius 1 is 1.29 bits per heavy atom. The van der Waals surface area contributed by atoms with E-state index in [4.69, 9.17) is 5.11 Å². The lowest BCUT2D eigenvalue weighted by molar-refractivity contribution is -0.140. The van der Waals surface area contributed by atoms with Gasteiger partial charge in [0.1, 0.15) is 0 Å². The number of hydrogen-bond donors (Lipinski definition) is 3. The van der Waals surface area contributed by atoms with E-state index in [1.165, 1.54) is 31.2 Å². The standard InChI is InChI=1S/C16H22N2O5S/c1-11(16(20)21)10-17-15(19)12-5-4-8-14(9-12)24(22,23)18-13-6-2-3-7-13/h4-5,8-9,11,13,18H,2-3,6-7,10H2,1H3,(H,17,19)(H,20,21). The number of carboxylic acid groups (broad SMARTS) is 1. The van der Waals surface area contributed by atoms with E-state index in [1.54, 1.807) is 0 Å². The van der Waals surface area contributed by atoms with Crippen molar-refractivity contribution in [2.24, 2.45) is 5.92 Å². The maximum absolute atomic E-state index is 12.4. The molecule has 1 unspecified atom stereocenters. The number of rotatable bonds is 7. The second kappa shape index (κ2) is 7.76. The highest BCUT2D eigenvalue weighted by atomic mass is 32.2. The van der Waals surface area contributed by atoms with Gasteiger partial charge in [0, 0.05) is 18.2 Å². The van der Waals surface area contributed by atoms with E-state index in [1.807, 2.05) is 0 Å². The predicted molar refractivity (Wildman–Crippen MR) is 88.2 cm³/mol. The van der Waals surface area contributed by atoms with Crippen LogP contribution in [0, 0.1) is 5.92 Å². The van der Waals surface area contributed by atoms with Gasteiger partial charge in [-0.15, -0.1) is 0 Å². The molecule has 1 aliphatic rings. The first-order chi connectivity index (χ1) is 11.3. The minimum absolute atomic E-state index is 0.0224. The zero-order chi connectivity index (χ0) is 17.7. The molecule has 24 heavy (non-hydrogen) atoms. The quantitative estimate of drug-likeness (QED) is 0.684. The third-order valence-corrected chi connectivity index (χ3v) is 5.59. The number of carbonyl (C=O) groups excluding carboxylic acids is 1. The summed E-state index contributed by atoms with van der Waals surface area (Å²) in [5, 5.41) is 11.3. The van der Waals surface area contributed by atoms with E-state index >= 15 is 0 Å². The SMILES string of the molecule is CC(CNC(=O)c1cccc(S(=O)(=O)NC2CCCC2)c1)C(=O)O. The zero-order valence-corrected chi connectivity index (χ0v) is 14.3. The van der Waals surface area contributed by atoms with Gasteiger partial charge >= 0.3 is 5.97 Å². The molecule has 2 rings (SSSR count). The van der Waals surface area contributed by atoms with Crippen LogP contribution in [0.5, 0.6) is 0 Å². The van der Waals surface area contributed by atoms with Gasteiger partial charge in [0.15, 0.2) is 0 Å². The Bertz CT molecular complexity index is 711. The second-order valence-corrected chi connectivity index (χ2v) is 7.79. The third kappa shape index (κ3) is 4.78. The molecule has 0 aromatic heterocycles. The lowest BCUT2D eigenvalue weighted by atomic mass is 10.1. The van der Waals surface area contributed by atoms with Gasteiger partial charge in [-0.25, -0.2) is 13.1 Å². The number of carbonyl (C=O) groups is 2. The summed E-state index contributed by atoms with van der Waals surface area (Å²) in [6.45, 7) is 1.46. The number of sulfonamides is 1. The lowest BCUT2D eigenvalue weighted by Gasteiger charge is -2.13. The monoisotopic (exact) mass is 354 g/mol. The van der Waals surface area contributed by atoms with Crippen molar-refractivity contribution >= 4 is 21.9 Å². The fourth-order valence-electron chi connectivity index (χ4n) is 2.57. The van der Waals surface area contributed by atoms with E-state index in [0.717, 1.165) is 25.7 Å². The molecule has 3 N–H and O–H groups in total. The Morgan fingerprint density at radius 2 is 1.96 bits per heavy atom. The van der Waals surface area contributed by atoms with Crippen molar-refractivity contribution < 1.29 is 23.1 Å². The van der Waals surface area contributed by atoms with Crippen molar-refractivity contribution in [3.8, 4) is 0 Å². The molecule has 0 saturated heterocycles. The highest BCUT2D eigenvalue weighted by Gasteiger charge is 2.23. The van der Waals surface area contributed by atoms with Crippen LogP contribution in [0.1, 0.15) is 43.0 Å². The van der Waals surface area contributed by atoms with Crippen LogP contribution >= 0.6 is 0 Å². The van der Waals surface area contributed by atoms with Crippen LogP contribution in [0.15, 0.2) is 29.2 Å². The number of carboxylic acids is 1. The van der Waals surface area contributed by atoms with Crippen molar-refractivity contribution in [2.45, 2.75) is 43.5 Å². The van der Waals surface area contributed by atoms with Gasteiger partial charge in [0.25, 0.3) is 5.91 Å². The highest BCUT2D eigenvalue weighted by molar-refractivity contribution is 7.89. The lowest BCUT2D eigenvalue weighted by Crippen LogP contribution is -2.33. The Kier molecular flexibility index (Phi) is 5.95. The van der Waals surface area contributed by atoms with Crippen molar-refractivity contribution in [3.05, 3.63) is 29.8 Å². The molecule has 1 aliphatic carbocycles. The van der Waals surface area contributed by atoms with E-state index in [-0.39, 0.29) is 23.0 Å². The summed E-state index contributed by atoms with van der Waals surface area (Å²) < 4.78 is 27.5. The maximum atomic E-state index is 12.4. The van der Waals surface area contributed by atoms with Crippen molar-refractivity contribution in [3.63, 3.8) is 0 Å². The Labute approximate surface area is 141 Å². The van der Waals surface area contributed by atoms with E-state index < -0.39 is 27.8 Å². The molecule has 1 fully saturated rings. The second-order valence-electron chi connectivity index (χ2n) is 6.08. The number of benzene rings is 1. The number of aliphatic carboxylic acids is 1. The van der Waals surface area contributed by atoms with E-state index in [2.05, 4.69) is 10.0 Å². The normalized spacial score (nSPS) is 16.7. The van der Waals surface area contributed by atoms with Gasteiger partial charge < -0.3 is 10.4 Å². The van der Waals surface area contributed by atoms with E-state index in [0.29, 0.717) is 0 Å². The number of hydrogen-bond acceptors (Lipinski definition) is 4. The smallest absolute Gasteiger partial charge is 0.308 e. The Hall–Kier alpha value is -1.93. The molecule has 0 bridgehead atoms. The average molecular weight is 354 g/mol. The van der Waals surface area contributed by atoms with Crippen molar-refractivity contribution in [2.75, 3.05) is 6.54 Å². The van der Waals surface area contributed by atoms with Gasteiger partial charge in [-0.2, -0.15) is 0 Å². The predicted octanol–water partition coefficient (Wildman–Crippen LogP) is 1.36. The molecule has 0 aliphatic heterocycles. The van der Waals surface area contributed by atoms with Crippen LogP contribution < -0.4 is 10.0 Å². The zero-order valence-electron chi connectivity index (χ0n) is 13.5. The molecule has 1 saturated carbocycles. The summed E-state index contributed by atoms with van der Waals surface area (Å²) in [5.41, 5.74) is 0.182. The van der Waals surface area contributed by atoms with Crippen LogP contribution in [-0.2, 0) is 14.8 Å². The molecule has 0 heterocycles. The molecule has 132 valence electrons. The van der Waals surface area contributed by atoms with Gasteiger partial charge in [0.05, 0.1) is 10.8 Å². The molecule has 8 heteroatoms. The fourth-order valence-corrected chi connectivity index (χ4v) is 3.92. The molecule has 1 aromatic carbocycles. The minimum atomic E-state index is -3.67. The number of nitrogens with one attached hydrogen (secondary N) is 2.